The number of benzene rings is 2. The molecule has 3 rings (SSSR count). The third-order valence-corrected chi connectivity index (χ3v) is 3.54. The van der Waals surface area contributed by atoms with Gasteiger partial charge in [-0.2, -0.15) is 13.2 Å². The molecule has 0 fully saturated rings. The summed E-state index contributed by atoms with van der Waals surface area (Å²) in [6.07, 6.45) is -3.29. The number of carbonyl (C=O) groups is 1. The van der Waals surface area contributed by atoms with Gasteiger partial charge in [0.25, 0.3) is 0 Å². The number of halogens is 3. The number of hydrogen-bond donors (Lipinski definition) is 1. The molecule has 0 saturated carbocycles. The van der Waals surface area contributed by atoms with Gasteiger partial charge in [-0.1, -0.05) is 36.4 Å². The van der Waals surface area contributed by atoms with E-state index in [1.165, 1.54) is 24.4 Å². The summed E-state index contributed by atoms with van der Waals surface area (Å²) in [6.45, 7) is 0. The maximum Gasteiger partial charge on any atom is 0.417 e. The Morgan fingerprint density at radius 1 is 0.957 bits per heavy atom. The second-order valence-corrected chi connectivity index (χ2v) is 4.97. The molecule has 1 amide bonds. The molecule has 3 nitrogen and oxygen atoms in total. The lowest BCUT2D eigenvalue weighted by atomic mass is 9.94. The van der Waals surface area contributed by atoms with Crippen molar-refractivity contribution >= 4 is 16.8 Å². The smallest absolute Gasteiger partial charge is 0.366 e. The molecule has 0 aliphatic rings. The zero-order valence-corrected chi connectivity index (χ0v) is 11.8. The van der Waals surface area contributed by atoms with Crippen molar-refractivity contribution < 1.29 is 18.0 Å². The van der Waals surface area contributed by atoms with E-state index in [1.807, 2.05) is 0 Å². The lowest BCUT2D eigenvalue weighted by Crippen LogP contribution is -2.15. The van der Waals surface area contributed by atoms with E-state index in [2.05, 4.69) is 4.98 Å². The number of nitrogens with two attached hydrogens (primary N) is 1. The maximum atomic E-state index is 13.2. The quantitative estimate of drug-likeness (QED) is 0.776. The average molecular weight is 316 g/mol. The molecular formula is C17H11F3N2O. The van der Waals surface area contributed by atoms with Crippen molar-refractivity contribution in [3.8, 4) is 11.1 Å². The molecule has 0 radical (unpaired) electrons. The Kier molecular flexibility index (Phi) is 3.52. The molecule has 0 saturated heterocycles. The van der Waals surface area contributed by atoms with Gasteiger partial charge in [0.05, 0.1) is 16.6 Å². The van der Waals surface area contributed by atoms with Gasteiger partial charge in [-0.15, -0.1) is 0 Å². The summed E-state index contributed by atoms with van der Waals surface area (Å²) in [5.74, 6) is -0.796. The van der Waals surface area contributed by atoms with Crippen LogP contribution in [0.2, 0.25) is 0 Å². The molecule has 1 aromatic heterocycles. The normalized spacial score (nSPS) is 11.6. The number of carbonyl (C=O) groups excluding carboxylic acids is 1. The molecule has 23 heavy (non-hydrogen) atoms. The Bertz CT molecular complexity index is 904. The topological polar surface area (TPSA) is 56.0 Å². The second kappa shape index (κ2) is 5.39. The monoisotopic (exact) mass is 316 g/mol. The fourth-order valence-electron chi connectivity index (χ4n) is 2.58. The van der Waals surface area contributed by atoms with Crippen LogP contribution in [0.15, 0.2) is 54.7 Å². The van der Waals surface area contributed by atoms with E-state index >= 15 is 0 Å². The average Bonchev–Trinajstić information content (AvgIpc) is 2.52. The molecule has 2 N–H and O–H groups in total. The van der Waals surface area contributed by atoms with Crippen LogP contribution in [-0.2, 0) is 6.18 Å². The highest BCUT2D eigenvalue weighted by molar-refractivity contribution is 6.10. The van der Waals surface area contributed by atoms with Crippen LogP contribution in [-0.4, -0.2) is 10.9 Å². The minimum atomic E-state index is -4.54. The predicted molar refractivity (Wildman–Crippen MR) is 80.7 cm³/mol. The molecule has 0 aliphatic heterocycles. The number of amides is 1. The minimum Gasteiger partial charge on any atom is -0.366 e. The van der Waals surface area contributed by atoms with Gasteiger partial charge < -0.3 is 5.73 Å². The third-order valence-electron chi connectivity index (χ3n) is 3.54. The van der Waals surface area contributed by atoms with E-state index in [4.69, 9.17) is 5.73 Å². The van der Waals surface area contributed by atoms with Gasteiger partial charge in [-0.25, -0.2) is 0 Å². The highest BCUT2D eigenvalue weighted by Gasteiger charge is 2.34. The third kappa shape index (κ3) is 2.63. The van der Waals surface area contributed by atoms with E-state index < -0.39 is 17.6 Å². The molecule has 0 spiro atoms. The first-order chi connectivity index (χ1) is 10.9. The van der Waals surface area contributed by atoms with Crippen molar-refractivity contribution in [2.45, 2.75) is 6.18 Å². The van der Waals surface area contributed by atoms with Crippen molar-refractivity contribution in [1.82, 2.24) is 4.98 Å². The number of alkyl halides is 3. The molecule has 0 unspecified atom stereocenters. The number of aromatic nitrogens is 1. The first-order valence-corrected chi connectivity index (χ1v) is 6.73. The first-order valence-electron chi connectivity index (χ1n) is 6.73. The van der Waals surface area contributed by atoms with Crippen molar-refractivity contribution in [1.29, 1.82) is 0 Å². The van der Waals surface area contributed by atoms with Crippen molar-refractivity contribution in [2.24, 2.45) is 5.73 Å². The summed E-state index contributed by atoms with van der Waals surface area (Å²) in [7, 11) is 0. The van der Waals surface area contributed by atoms with Crippen LogP contribution in [0.1, 0.15) is 15.9 Å². The Morgan fingerprint density at radius 2 is 1.61 bits per heavy atom. The van der Waals surface area contributed by atoms with Crippen LogP contribution in [0.5, 0.6) is 0 Å². The molecule has 0 aliphatic carbocycles. The Hall–Kier alpha value is -2.89. The van der Waals surface area contributed by atoms with E-state index in [0.717, 1.165) is 6.07 Å². The zero-order chi connectivity index (χ0) is 16.6. The lowest BCUT2D eigenvalue weighted by molar-refractivity contribution is -0.137. The SMILES string of the molecule is NC(=O)c1c(-c2ccccc2C(F)(F)F)cnc2ccccc12. The maximum absolute atomic E-state index is 13.2. The molecular weight excluding hydrogens is 305 g/mol. The standard InChI is InChI=1S/C17H11F3N2O/c18-17(19,20)13-7-3-1-5-10(13)12-9-22-14-8-4-2-6-11(14)15(12)16(21)23/h1-9H,(H2,21,23). The number of pyridine rings is 1. The van der Waals surface area contributed by atoms with E-state index in [9.17, 15) is 18.0 Å². The molecule has 116 valence electrons. The van der Waals surface area contributed by atoms with Gasteiger partial charge >= 0.3 is 6.18 Å². The number of hydrogen-bond acceptors (Lipinski definition) is 2. The molecule has 1 heterocycles. The number of fused-ring (bicyclic) bond motifs is 1. The van der Waals surface area contributed by atoms with Gasteiger partial charge in [0.15, 0.2) is 0 Å². The summed E-state index contributed by atoms with van der Waals surface area (Å²) in [4.78, 5) is 16.0. The van der Waals surface area contributed by atoms with Gasteiger partial charge in [-0.3, -0.25) is 9.78 Å². The number of primary amides is 1. The largest absolute Gasteiger partial charge is 0.417 e. The molecule has 0 atom stereocenters. The number of rotatable bonds is 2. The predicted octanol–water partition coefficient (Wildman–Crippen LogP) is 4.02. The van der Waals surface area contributed by atoms with E-state index in [1.54, 1.807) is 24.3 Å². The van der Waals surface area contributed by atoms with E-state index in [0.29, 0.717) is 10.9 Å². The van der Waals surface area contributed by atoms with Crippen LogP contribution >= 0.6 is 0 Å². The summed E-state index contributed by atoms with van der Waals surface area (Å²) in [5.41, 5.74) is 5.08. The van der Waals surface area contributed by atoms with Gasteiger partial charge in [-0.05, 0) is 17.7 Å². The van der Waals surface area contributed by atoms with Crippen LogP contribution in [0, 0.1) is 0 Å². The fourth-order valence-corrected chi connectivity index (χ4v) is 2.58. The fraction of sp³-hybridized carbons (Fsp3) is 0.0588. The molecule has 6 heteroatoms. The Balaban J connectivity index is 2.38. The summed E-state index contributed by atoms with van der Waals surface area (Å²) < 4.78 is 39.7. The number of para-hydroxylation sites is 1. The summed E-state index contributed by atoms with van der Waals surface area (Å²) in [6, 6.07) is 11.7. The zero-order valence-electron chi connectivity index (χ0n) is 11.8. The van der Waals surface area contributed by atoms with Crippen LogP contribution in [0.4, 0.5) is 13.2 Å². The van der Waals surface area contributed by atoms with Crippen LogP contribution in [0.3, 0.4) is 0 Å². The highest BCUT2D eigenvalue weighted by Crippen LogP contribution is 2.39. The summed E-state index contributed by atoms with van der Waals surface area (Å²) >= 11 is 0. The Labute approximate surface area is 129 Å². The van der Waals surface area contributed by atoms with E-state index in [-0.39, 0.29) is 16.7 Å². The van der Waals surface area contributed by atoms with Gasteiger partial charge in [0.2, 0.25) is 5.91 Å². The minimum absolute atomic E-state index is 0.0345. The highest BCUT2D eigenvalue weighted by atomic mass is 19.4. The number of nitrogens with zero attached hydrogens (tertiary/aromatic N) is 1. The molecule has 0 bridgehead atoms. The van der Waals surface area contributed by atoms with Crippen molar-refractivity contribution in [2.75, 3.05) is 0 Å². The van der Waals surface area contributed by atoms with Gasteiger partial charge in [0, 0.05) is 17.1 Å². The van der Waals surface area contributed by atoms with Gasteiger partial charge in [0.1, 0.15) is 0 Å². The molecule has 2 aromatic carbocycles. The molecule has 3 aromatic rings. The van der Waals surface area contributed by atoms with Crippen LogP contribution < -0.4 is 5.73 Å². The van der Waals surface area contributed by atoms with Crippen molar-refractivity contribution in [3.63, 3.8) is 0 Å². The Morgan fingerprint density at radius 3 is 2.30 bits per heavy atom. The first kappa shape index (κ1) is 15.0. The lowest BCUT2D eigenvalue weighted by Gasteiger charge is -2.15. The van der Waals surface area contributed by atoms with Crippen LogP contribution in [0.25, 0.3) is 22.0 Å². The summed E-state index contributed by atoms with van der Waals surface area (Å²) in [5, 5.41) is 0.425. The van der Waals surface area contributed by atoms with Crippen molar-refractivity contribution in [3.05, 3.63) is 65.9 Å². The second-order valence-electron chi connectivity index (χ2n) is 4.97.